The summed E-state index contributed by atoms with van der Waals surface area (Å²) in [7, 11) is -2.10. The highest BCUT2D eigenvalue weighted by atomic mass is 31.2. The molecule has 2 aliphatic rings. The summed E-state index contributed by atoms with van der Waals surface area (Å²) >= 11 is 0. The summed E-state index contributed by atoms with van der Waals surface area (Å²) in [5.41, 5.74) is 0. The topological polar surface area (TPSA) is 60.8 Å². The Morgan fingerprint density at radius 3 is 2.62 bits per heavy atom. The first-order valence-corrected chi connectivity index (χ1v) is 6.37. The first-order valence-electron chi connectivity index (χ1n) is 4.76. The molecule has 2 aliphatic heterocycles. The standard InChI is InChI=1S/C8H16NO3P/c1-9-7-3-2-5-8(9,6-4-7)13(10,11)12/h7H,2-6H2,1H3,(H2,10,11,12). The number of rotatable bonds is 1. The van der Waals surface area contributed by atoms with Crippen LogP contribution in [0.4, 0.5) is 0 Å². The number of hydrogen-bond acceptors (Lipinski definition) is 2. The second-order valence-electron chi connectivity index (χ2n) is 4.22. The van der Waals surface area contributed by atoms with Crippen molar-refractivity contribution >= 4 is 7.60 Å². The lowest BCUT2D eigenvalue weighted by atomic mass is 10.0. The van der Waals surface area contributed by atoms with E-state index in [9.17, 15) is 14.4 Å². The van der Waals surface area contributed by atoms with Crippen LogP contribution >= 0.6 is 7.60 Å². The maximum atomic E-state index is 11.4. The Morgan fingerprint density at radius 2 is 2.08 bits per heavy atom. The maximum Gasteiger partial charge on any atom is 0.345 e. The Morgan fingerprint density at radius 1 is 1.38 bits per heavy atom. The molecule has 5 heteroatoms. The van der Waals surface area contributed by atoms with Gasteiger partial charge < -0.3 is 9.79 Å². The molecule has 0 aliphatic carbocycles. The van der Waals surface area contributed by atoms with Crippen LogP contribution in [0.5, 0.6) is 0 Å². The van der Waals surface area contributed by atoms with Crippen molar-refractivity contribution in [1.29, 1.82) is 0 Å². The quantitative estimate of drug-likeness (QED) is 0.630. The summed E-state index contributed by atoms with van der Waals surface area (Å²) in [5, 5.41) is -0.810. The molecule has 76 valence electrons. The van der Waals surface area contributed by atoms with Gasteiger partial charge in [-0.2, -0.15) is 0 Å². The summed E-state index contributed by atoms with van der Waals surface area (Å²) < 4.78 is 11.4. The van der Waals surface area contributed by atoms with Crippen LogP contribution in [0.1, 0.15) is 32.1 Å². The van der Waals surface area contributed by atoms with Gasteiger partial charge in [0, 0.05) is 6.04 Å². The van der Waals surface area contributed by atoms with Crippen molar-refractivity contribution in [2.45, 2.75) is 43.4 Å². The Labute approximate surface area is 78.1 Å². The predicted molar refractivity (Wildman–Crippen MR) is 49.4 cm³/mol. The number of fused-ring (bicyclic) bond motifs is 2. The fourth-order valence-electron chi connectivity index (χ4n) is 2.86. The summed E-state index contributed by atoms with van der Waals surface area (Å²) in [5.74, 6) is 0. The van der Waals surface area contributed by atoms with Crippen molar-refractivity contribution in [3.63, 3.8) is 0 Å². The molecule has 0 amide bonds. The van der Waals surface area contributed by atoms with E-state index in [2.05, 4.69) is 0 Å². The van der Waals surface area contributed by atoms with E-state index in [4.69, 9.17) is 0 Å². The van der Waals surface area contributed by atoms with Crippen LogP contribution in [0.3, 0.4) is 0 Å². The number of hydrogen-bond donors (Lipinski definition) is 2. The van der Waals surface area contributed by atoms with Crippen LogP contribution in [-0.2, 0) is 4.57 Å². The highest BCUT2D eigenvalue weighted by Gasteiger charge is 2.57. The second kappa shape index (κ2) is 2.80. The Hall–Kier alpha value is 0.110. The van der Waals surface area contributed by atoms with Crippen molar-refractivity contribution < 1.29 is 14.4 Å². The molecule has 2 unspecified atom stereocenters. The zero-order valence-electron chi connectivity index (χ0n) is 7.81. The second-order valence-corrected chi connectivity index (χ2v) is 6.14. The van der Waals surface area contributed by atoms with Crippen LogP contribution in [0.15, 0.2) is 0 Å². The zero-order valence-corrected chi connectivity index (χ0v) is 8.70. The van der Waals surface area contributed by atoms with Gasteiger partial charge in [0.15, 0.2) is 0 Å². The summed E-state index contributed by atoms with van der Waals surface area (Å²) in [6.45, 7) is 0. The van der Waals surface area contributed by atoms with E-state index in [0.717, 1.165) is 19.3 Å². The van der Waals surface area contributed by atoms with Crippen LogP contribution in [0, 0.1) is 0 Å². The molecule has 2 rings (SSSR count). The minimum absolute atomic E-state index is 0.404. The normalized spacial score (nSPS) is 41.0. The maximum absolute atomic E-state index is 11.4. The minimum atomic E-state index is -3.96. The zero-order chi connectivity index (χ0) is 9.69. The molecule has 2 saturated heterocycles. The molecule has 0 spiro atoms. The largest absolute Gasteiger partial charge is 0.345 e. The molecule has 0 saturated carbocycles. The smallest absolute Gasteiger partial charge is 0.323 e. The molecule has 0 aromatic heterocycles. The average Bonchev–Trinajstić information content (AvgIpc) is 2.28. The first-order chi connectivity index (χ1) is 5.97. The predicted octanol–water partition coefficient (Wildman–Crippen LogP) is 1.14. The molecule has 4 nitrogen and oxygen atoms in total. The van der Waals surface area contributed by atoms with E-state index < -0.39 is 12.9 Å². The lowest BCUT2D eigenvalue weighted by molar-refractivity contribution is 0.119. The highest BCUT2D eigenvalue weighted by Crippen LogP contribution is 2.62. The van der Waals surface area contributed by atoms with Crippen molar-refractivity contribution in [3.8, 4) is 0 Å². The third-order valence-electron chi connectivity index (χ3n) is 3.74. The van der Waals surface area contributed by atoms with E-state index in [1.165, 1.54) is 0 Å². The van der Waals surface area contributed by atoms with Crippen molar-refractivity contribution in [3.05, 3.63) is 0 Å². The molecule has 2 atom stereocenters. The number of piperidine rings is 1. The molecule has 2 bridgehead atoms. The minimum Gasteiger partial charge on any atom is -0.323 e. The van der Waals surface area contributed by atoms with Crippen LogP contribution in [-0.4, -0.2) is 33.1 Å². The fraction of sp³-hybridized carbons (Fsp3) is 1.00. The monoisotopic (exact) mass is 205 g/mol. The van der Waals surface area contributed by atoms with Crippen LogP contribution < -0.4 is 0 Å². The van der Waals surface area contributed by atoms with Gasteiger partial charge in [-0.15, -0.1) is 0 Å². The fourth-order valence-corrected chi connectivity index (χ4v) is 4.31. The summed E-state index contributed by atoms with van der Waals surface area (Å²) in [4.78, 5) is 20.6. The highest BCUT2D eigenvalue weighted by molar-refractivity contribution is 7.53. The van der Waals surface area contributed by atoms with Crippen LogP contribution in [0.25, 0.3) is 0 Å². The molecule has 0 radical (unpaired) electrons. The molecular formula is C8H16NO3P. The molecule has 2 fully saturated rings. The lowest BCUT2D eigenvalue weighted by Gasteiger charge is -2.42. The molecule has 2 N–H and O–H groups in total. The molecule has 13 heavy (non-hydrogen) atoms. The van der Waals surface area contributed by atoms with E-state index in [1.807, 2.05) is 11.9 Å². The number of nitrogens with zero attached hydrogens (tertiary/aromatic N) is 1. The van der Waals surface area contributed by atoms with Crippen molar-refractivity contribution in [1.82, 2.24) is 4.90 Å². The third-order valence-corrected chi connectivity index (χ3v) is 5.59. The van der Waals surface area contributed by atoms with Gasteiger partial charge >= 0.3 is 7.60 Å². The Kier molecular flexibility index (Phi) is 2.08. The van der Waals surface area contributed by atoms with E-state index >= 15 is 0 Å². The Bertz CT molecular complexity index is 260. The SMILES string of the molecule is CN1C2CCCC1(P(=O)(O)O)CC2. The Balaban J connectivity index is 2.36. The summed E-state index contributed by atoms with van der Waals surface area (Å²) in [6, 6.07) is 0.404. The average molecular weight is 205 g/mol. The van der Waals surface area contributed by atoms with Crippen molar-refractivity contribution in [2.24, 2.45) is 0 Å². The van der Waals surface area contributed by atoms with Gasteiger partial charge in [-0.1, -0.05) is 0 Å². The van der Waals surface area contributed by atoms with E-state index in [1.54, 1.807) is 0 Å². The molecular weight excluding hydrogens is 189 g/mol. The van der Waals surface area contributed by atoms with Gasteiger partial charge in [-0.25, -0.2) is 0 Å². The third kappa shape index (κ3) is 1.20. The molecule has 0 aromatic carbocycles. The van der Waals surface area contributed by atoms with Gasteiger partial charge in [-0.3, -0.25) is 9.46 Å². The van der Waals surface area contributed by atoms with Gasteiger partial charge in [0.1, 0.15) is 5.28 Å². The van der Waals surface area contributed by atoms with Gasteiger partial charge in [0.05, 0.1) is 0 Å². The van der Waals surface area contributed by atoms with Gasteiger partial charge in [0.2, 0.25) is 0 Å². The van der Waals surface area contributed by atoms with E-state index in [-0.39, 0.29) is 0 Å². The van der Waals surface area contributed by atoms with Gasteiger partial charge in [0.25, 0.3) is 0 Å². The first kappa shape index (κ1) is 9.66. The van der Waals surface area contributed by atoms with E-state index in [0.29, 0.717) is 18.9 Å². The van der Waals surface area contributed by atoms with Crippen LogP contribution in [0.2, 0.25) is 0 Å². The molecule has 2 heterocycles. The lowest BCUT2D eigenvalue weighted by Crippen LogP contribution is -2.47. The summed E-state index contributed by atoms with van der Waals surface area (Å²) in [6.07, 6.45) is 4.32. The van der Waals surface area contributed by atoms with Crippen molar-refractivity contribution in [2.75, 3.05) is 7.05 Å². The van der Waals surface area contributed by atoms with Gasteiger partial charge in [-0.05, 0) is 39.2 Å². The molecule has 0 aromatic rings.